The van der Waals surface area contributed by atoms with Gasteiger partial charge in [-0.1, -0.05) is 30.3 Å². The molecular weight excluding hydrogens is 340 g/mol. The van der Waals surface area contributed by atoms with Gasteiger partial charge in [0.05, 0.1) is 11.4 Å². The molecule has 3 aromatic rings. The van der Waals surface area contributed by atoms with Gasteiger partial charge in [-0.2, -0.15) is 0 Å². The fourth-order valence-corrected chi connectivity index (χ4v) is 3.00. The predicted molar refractivity (Wildman–Crippen MR) is 96.8 cm³/mol. The number of rotatable bonds is 5. The van der Waals surface area contributed by atoms with Crippen LogP contribution in [0.2, 0.25) is 0 Å². The Morgan fingerprint density at radius 1 is 1.08 bits per heavy atom. The van der Waals surface area contributed by atoms with Gasteiger partial charge in [0.1, 0.15) is 11.1 Å². The van der Waals surface area contributed by atoms with Crippen LogP contribution in [-0.4, -0.2) is 17.6 Å². The maximum absolute atomic E-state index is 12.5. The molecule has 1 heterocycles. The van der Waals surface area contributed by atoms with Crippen LogP contribution in [0.15, 0.2) is 68.7 Å². The first-order chi connectivity index (χ1) is 12.0. The van der Waals surface area contributed by atoms with E-state index < -0.39 is 17.4 Å². The van der Waals surface area contributed by atoms with Gasteiger partial charge in [-0.3, -0.25) is 9.59 Å². The maximum atomic E-state index is 12.5. The molecule has 2 aromatic carbocycles. The largest absolute Gasteiger partial charge is 0.422 e. The minimum Gasteiger partial charge on any atom is -0.422 e. The highest BCUT2D eigenvalue weighted by Gasteiger charge is 2.15. The number of carbonyl (C=O) groups is 2. The molecule has 0 saturated heterocycles. The first kappa shape index (κ1) is 16.8. The number of nitrogens with one attached hydrogen (secondary N) is 1. The molecule has 0 aliphatic heterocycles. The van der Waals surface area contributed by atoms with Crippen molar-refractivity contribution in [3.8, 4) is 0 Å². The summed E-state index contributed by atoms with van der Waals surface area (Å²) in [5, 5.41) is 3.34. The quantitative estimate of drug-likeness (QED) is 0.542. The third-order valence-corrected chi connectivity index (χ3v) is 4.49. The van der Waals surface area contributed by atoms with Crippen molar-refractivity contribution in [2.75, 3.05) is 11.1 Å². The minimum absolute atomic E-state index is 0.0883. The van der Waals surface area contributed by atoms with Gasteiger partial charge in [0.15, 0.2) is 0 Å². The maximum Gasteiger partial charge on any atom is 0.349 e. The number of anilines is 1. The summed E-state index contributed by atoms with van der Waals surface area (Å²) in [5.41, 5.74) is 5.27. The average molecular weight is 354 g/mol. The SMILES string of the molecule is NC(=O)CSc1ccccc1NC(=O)c1cc2ccccc2oc1=O. The van der Waals surface area contributed by atoms with Crippen molar-refractivity contribution in [2.45, 2.75) is 4.90 Å². The van der Waals surface area contributed by atoms with E-state index in [0.717, 1.165) is 0 Å². The summed E-state index contributed by atoms with van der Waals surface area (Å²) in [4.78, 5) is 36.2. The fraction of sp³-hybridized carbons (Fsp3) is 0.0556. The Labute approximate surface area is 147 Å². The topological polar surface area (TPSA) is 102 Å². The van der Waals surface area contributed by atoms with Crippen LogP contribution in [0.4, 0.5) is 5.69 Å². The molecule has 0 radical (unpaired) electrons. The van der Waals surface area contributed by atoms with E-state index in [4.69, 9.17) is 10.2 Å². The van der Waals surface area contributed by atoms with Crippen molar-refractivity contribution in [2.24, 2.45) is 5.73 Å². The van der Waals surface area contributed by atoms with Crippen molar-refractivity contribution < 1.29 is 14.0 Å². The van der Waals surface area contributed by atoms with E-state index in [-0.39, 0.29) is 11.3 Å². The molecule has 0 spiro atoms. The molecule has 0 atom stereocenters. The first-order valence-corrected chi connectivity index (χ1v) is 8.37. The Balaban J connectivity index is 1.89. The number of thioether (sulfide) groups is 1. The van der Waals surface area contributed by atoms with E-state index in [0.29, 0.717) is 21.6 Å². The number of carbonyl (C=O) groups excluding carboxylic acids is 2. The number of hydrogen-bond donors (Lipinski definition) is 2. The van der Waals surface area contributed by atoms with E-state index >= 15 is 0 Å². The Morgan fingerprint density at radius 3 is 2.60 bits per heavy atom. The average Bonchev–Trinajstić information content (AvgIpc) is 2.60. The van der Waals surface area contributed by atoms with Crippen LogP contribution < -0.4 is 16.7 Å². The lowest BCUT2D eigenvalue weighted by atomic mass is 10.1. The molecule has 25 heavy (non-hydrogen) atoms. The fourth-order valence-electron chi connectivity index (χ4n) is 2.25. The molecule has 0 aliphatic rings. The molecule has 6 nitrogen and oxygen atoms in total. The number of benzene rings is 2. The molecule has 0 aliphatic carbocycles. The summed E-state index contributed by atoms with van der Waals surface area (Å²) in [6, 6.07) is 15.4. The number of amides is 2. The zero-order chi connectivity index (χ0) is 17.8. The van der Waals surface area contributed by atoms with E-state index in [1.54, 1.807) is 48.5 Å². The van der Waals surface area contributed by atoms with Gasteiger partial charge in [0, 0.05) is 10.3 Å². The van der Waals surface area contributed by atoms with Gasteiger partial charge in [-0.05, 0) is 24.3 Å². The summed E-state index contributed by atoms with van der Waals surface area (Å²) >= 11 is 1.21. The lowest BCUT2D eigenvalue weighted by molar-refractivity contribution is -0.115. The Bertz CT molecular complexity index is 1010. The standard InChI is InChI=1S/C18H14N2O4S/c19-16(21)10-25-15-8-4-2-6-13(15)20-17(22)12-9-11-5-1-3-7-14(11)24-18(12)23/h1-9H,10H2,(H2,19,21)(H,20,22). The lowest BCUT2D eigenvalue weighted by Gasteiger charge is -2.10. The lowest BCUT2D eigenvalue weighted by Crippen LogP contribution is -2.21. The van der Waals surface area contributed by atoms with Crippen LogP contribution in [-0.2, 0) is 4.79 Å². The predicted octanol–water partition coefficient (Wildman–Crippen LogP) is 2.62. The van der Waals surface area contributed by atoms with Crippen LogP contribution in [0.1, 0.15) is 10.4 Å². The Kier molecular flexibility index (Phi) is 4.85. The molecule has 1 aromatic heterocycles. The number of primary amides is 1. The summed E-state index contributed by atoms with van der Waals surface area (Å²) in [6.07, 6.45) is 0. The van der Waals surface area contributed by atoms with Crippen molar-refractivity contribution >= 4 is 40.2 Å². The van der Waals surface area contributed by atoms with E-state index in [1.807, 2.05) is 0 Å². The highest BCUT2D eigenvalue weighted by atomic mass is 32.2. The van der Waals surface area contributed by atoms with Crippen LogP contribution in [0.5, 0.6) is 0 Å². The molecule has 2 amide bonds. The third-order valence-electron chi connectivity index (χ3n) is 3.39. The van der Waals surface area contributed by atoms with Gasteiger partial charge in [-0.25, -0.2) is 4.79 Å². The molecule has 0 bridgehead atoms. The van der Waals surface area contributed by atoms with Gasteiger partial charge in [-0.15, -0.1) is 11.8 Å². The van der Waals surface area contributed by atoms with Crippen LogP contribution in [0, 0.1) is 0 Å². The van der Waals surface area contributed by atoms with Gasteiger partial charge >= 0.3 is 5.63 Å². The van der Waals surface area contributed by atoms with Crippen molar-refractivity contribution in [3.63, 3.8) is 0 Å². The molecule has 3 N–H and O–H groups in total. The molecule has 0 saturated carbocycles. The zero-order valence-electron chi connectivity index (χ0n) is 13.0. The molecule has 7 heteroatoms. The van der Waals surface area contributed by atoms with E-state index in [9.17, 15) is 14.4 Å². The van der Waals surface area contributed by atoms with Crippen LogP contribution in [0.25, 0.3) is 11.0 Å². The number of para-hydroxylation sites is 2. The van der Waals surface area contributed by atoms with Crippen molar-refractivity contribution in [3.05, 3.63) is 70.6 Å². The molecule has 0 unspecified atom stereocenters. The monoisotopic (exact) mass is 354 g/mol. The van der Waals surface area contributed by atoms with Crippen LogP contribution >= 0.6 is 11.8 Å². The van der Waals surface area contributed by atoms with Gasteiger partial charge < -0.3 is 15.5 Å². The zero-order valence-corrected chi connectivity index (χ0v) is 13.8. The minimum atomic E-state index is -0.710. The summed E-state index contributed by atoms with van der Waals surface area (Å²) in [5.74, 6) is -0.946. The second-order valence-corrected chi connectivity index (χ2v) is 6.21. The molecule has 126 valence electrons. The van der Waals surface area contributed by atoms with Gasteiger partial charge in [0.2, 0.25) is 5.91 Å². The summed E-state index contributed by atoms with van der Waals surface area (Å²) in [6.45, 7) is 0. The molecule has 3 rings (SSSR count). The van der Waals surface area contributed by atoms with Crippen LogP contribution in [0.3, 0.4) is 0 Å². The van der Waals surface area contributed by atoms with E-state index in [2.05, 4.69) is 5.32 Å². The summed E-state index contributed by atoms with van der Waals surface area (Å²) < 4.78 is 5.18. The van der Waals surface area contributed by atoms with Gasteiger partial charge in [0.25, 0.3) is 5.91 Å². The Hall–Kier alpha value is -3.06. The second-order valence-electron chi connectivity index (χ2n) is 5.19. The molecular formula is C18H14N2O4S. The smallest absolute Gasteiger partial charge is 0.349 e. The highest BCUT2D eigenvalue weighted by molar-refractivity contribution is 8.00. The molecule has 0 fully saturated rings. The third kappa shape index (κ3) is 3.89. The number of fused-ring (bicyclic) bond motifs is 1. The van der Waals surface area contributed by atoms with Crippen molar-refractivity contribution in [1.82, 2.24) is 0 Å². The van der Waals surface area contributed by atoms with E-state index in [1.165, 1.54) is 17.8 Å². The normalized spacial score (nSPS) is 10.6. The Morgan fingerprint density at radius 2 is 1.80 bits per heavy atom. The number of nitrogens with two attached hydrogens (primary N) is 1. The van der Waals surface area contributed by atoms with Crippen molar-refractivity contribution in [1.29, 1.82) is 0 Å². The first-order valence-electron chi connectivity index (χ1n) is 7.39. The second kappa shape index (κ2) is 7.23. The highest BCUT2D eigenvalue weighted by Crippen LogP contribution is 2.27. The summed E-state index contributed by atoms with van der Waals surface area (Å²) in [7, 11) is 0. The number of hydrogen-bond acceptors (Lipinski definition) is 5.